The predicted molar refractivity (Wildman–Crippen MR) is 150 cm³/mol. The summed E-state index contributed by atoms with van der Waals surface area (Å²) in [6, 6.07) is 7.09. The number of amides is 2. The standard InChI is InChI=1S/C31H43NO8/c1-3-9-20(16-21-10-6-7-11-25(21)34)13-14-26(35)28-22(19-40-2)17-23-29(24(28)18-33)31(39)32(30(23)38)15-8-4-5-12-27(36)37/h6-7,10-11,16,23-24,26,29,33-35H,3-5,8-9,12-15,17-19H2,1-2H3,(H,36,37)/b20-16+/t23-,24+,26-,29-/m1/s1. The van der Waals surface area contributed by atoms with Crippen molar-refractivity contribution in [1.82, 2.24) is 4.90 Å². The molecule has 0 bridgehead atoms. The van der Waals surface area contributed by atoms with Gasteiger partial charge in [-0.3, -0.25) is 19.3 Å². The van der Waals surface area contributed by atoms with Crippen LogP contribution in [-0.2, 0) is 19.1 Å². The van der Waals surface area contributed by atoms with Crippen LogP contribution in [0.4, 0.5) is 0 Å². The summed E-state index contributed by atoms with van der Waals surface area (Å²) >= 11 is 0. The fourth-order valence-corrected chi connectivity index (χ4v) is 6.17. The number of imide groups is 1. The van der Waals surface area contributed by atoms with E-state index in [-0.39, 0.29) is 50.2 Å². The number of likely N-dealkylation sites (tertiary alicyclic amines) is 1. The highest BCUT2D eigenvalue weighted by Crippen LogP contribution is 2.46. The maximum atomic E-state index is 13.4. The lowest BCUT2D eigenvalue weighted by atomic mass is 9.68. The van der Waals surface area contributed by atoms with Crippen molar-refractivity contribution in [3.63, 3.8) is 0 Å². The van der Waals surface area contributed by atoms with Gasteiger partial charge in [0.15, 0.2) is 0 Å². The SMILES string of the molecule is CCC/C(=C\c1ccccc1O)CC[C@@H](O)C1=C(COC)C[C@H]2C(=O)N(CCCCCC(=O)O)C(=O)[C@H]2[C@H]1CO. The predicted octanol–water partition coefficient (Wildman–Crippen LogP) is 3.92. The number of aliphatic hydroxyl groups is 2. The van der Waals surface area contributed by atoms with Gasteiger partial charge in [0.05, 0.1) is 31.2 Å². The van der Waals surface area contributed by atoms with E-state index in [1.807, 2.05) is 18.2 Å². The molecule has 1 fully saturated rings. The zero-order valence-corrected chi connectivity index (χ0v) is 23.6. The Hall–Kier alpha value is -3.01. The van der Waals surface area contributed by atoms with Crippen molar-refractivity contribution >= 4 is 23.9 Å². The van der Waals surface area contributed by atoms with E-state index >= 15 is 0 Å². The van der Waals surface area contributed by atoms with Gasteiger partial charge in [0.2, 0.25) is 11.8 Å². The second-order valence-electron chi connectivity index (χ2n) is 10.8. The van der Waals surface area contributed by atoms with Crippen molar-refractivity contribution in [2.75, 3.05) is 26.9 Å². The van der Waals surface area contributed by atoms with Crippen LogP contribution in [-0.4, -0.2) is 76.1 Å². The number of unbranched alkanes of at least 4 members (excludes halogenated alkanes) is 2. The summed E-state index contributed by atoms with van der Waals surface area (Å²) in [7, 11) is 1.54. The molecule has 0 spiro atoms. The number of para-hydroxylation sites is 1. The van der Waals surface area contributed by atoms with Gasteiger partial charge in [0.25, 0.3) is 0 Å². The molecule has 0 radical (unpaired) electrons. The number of allylic oxidation sites excluding steroid dienone is 1. The van der Waals surface area contributed by atoms with Crippen molar-refractivity contribution in [3.05, 3.63) is 46.5 Å². The van der Waals surface area contributed by atoms with Crippen LogP contribution in [0.3, 0.4) is 0 Å². The number of carboxylic acids is 1. The molecule has 4 atom stereocenters. The van der Waals surface area contributed by atoms with Gasteiger partial charge >= 0.3 is 5.97 Å². The van der Waals surface area contributed by atoms with Crippen molar-refractivity contribution in [1.29, 1.82) is 0 Å². The summed E-state index contributed by atoms with van der Waals surface area (Å²) in [5, 5.41) is 40.9. The van der Waals surface area contributed by atoms with Crippen LogP contribution in [0.2, 0.25) is 0 Å². The minimum atomic E-state index is -0.930. The number of methoxy groups -OCH3 is 1. The molecule has 9 nitrogen and oxygen atoms in total. The summed E-state index contributed by atoms with van der Waals surface area (Å²) in [6.45, 7) is 2.11. The van der Waals surface area contributed by atoms with Crippen LogP contribution in [0.25, 0.3) is 6.08 Å². The number of fused-ring (bicyclic) bond motifs is 1. The first-order valence-electron chi connectivity index (χ1n) is 14.3. The Morgan fingerprint density at radius 2 is 1.88 bits per heavy atom. The van der Waals surface area contributed by atoms with Crippen molar-refractivity contribution < 1.29 is 39.5 Å². The molecule has 3 rings (SSSR count). The number of rotatable bonds is 16. The van der Waals surface area contributed by atoms with E-state index < -0.39 is 29.8 Å². The smallest absolute Gasteiger partial charge is 0.303 e. The number of phenolic OH excluding ortho intramolecular Hbond substituents is 1. The molecular formula is C31H43NO8. The van der Waals surface area contributed by atoms with Gasteiger partial charge in [-0.1, -0.05) is 49.6 Å². The first kappa shape index (κ1) is 31.5. The van der Waals surface area contributed by atoms with Gasteiger partial charge in [-0.15, -0.1) is 0 Å². The number of phenols is 1. The number of hydrogen-bond acceptors (Lipinski definition) is 7. The zero-order valence-electron chi connectivity index (χ0n) is 23.6. The Morgan fingerprint density at radius 1 is 1.12 bits per heavy atom. The molecule has 0 unspecified atom stereocenters. The molecule has 4 N–H and O–H groups in total. The lowest BCUT2D eigenvalue weighted by Gasteiger charge is -2.36. The Bertz CT molecular complexity index is 1110. The van der Waals surface area contributed by atoms with Crippen LogP contribution >= 0.6 is 0 Å². The van der Waals surface area contributed by atoms with Crippen molar-refractivity contribution in [3.8, 4) is 5.75 Å². The lowest BCUT2D eigenvalue weighted by molar-refractivity contribution is -0.141. The zero-order chi connectivity index (χ0) is 29.2. The van der Waals surface area contributed by atoms with E-state index in [4.69, 9.17) is 9.84 Å². The molecule has 1 heterocycles. The van der Waals surface area contributed by atoms with E-state index in [0.29, 0.717) is 43.2 Å². The maximum Gasteiger partial charge on any atom is 0.303 e. The first-order valence-corrected chi connectivity index (χ1v) is 14.3. The molecule has 1 aromatic rings. The second kappa shape index (κ2) is 15.1. The Labute approximate surface area is 236 Å². The summed E-state index contributed by atoms with van der Waals surface area (Å²) in [6.07, 6.45) is 5.58. The number of carbonyl (C=O) groups is 3. The molecule has 1 aromatic carbocycles. The molecule has 1 saturated heterocycles. The van der Waals surface area contributed by atoms with Crippen LogP contribution in [0.15, 0.2) is 41.0 Å². The van der Waals surface area contributed by atoms with E-state index in [2.05, 4.69) is 6.92 Å². The topological polar surface area (TPSA) is 145 Å². The fourth-order valence-electron chi connectivity index (χ4n) is 6.17. The molecule has 9 heteroatoms. The van der Waals surface area contributed by atoms with Crippen molar-refractivity contribution in [2.24, 2.45) is 17.8 Å². The van der Waals surface area contributed by atoms with Crippen LogP contribution < -0.4 is 0 Å². The molecule has 1 aliphatic carbocycles. The number of carbonyl (C=O) groups excluding carboxylic acids is 2. The molecule has 40 heavy (non-hydrogen) atoms. The average molecular weight is 558 g/mol. The molecule has 2 amide bonds. The van der Waals surface area contributed by atoms with E-state index in [1.165, 1.54) is 12.0 Å². The van der Waals surface area contributed by atoms with Gasteiger partial charge in [0.1, 0.15) is 5.75 Å². The Morgan fingerprint density at radius 3 is 2.52 bits per heavy atom. The fraction of sp³-hybridized carbons (Fsp3) is 0.581. The van der Waals surface area contributed by atoms with Crippen LogP contribution in [0, 0.1) is 17.8 Å². The van der Waals surface area contributed by atoms with Gasteiger partial charge in [-0.25, -0.2) is 0 Å². The molecule has 1 aliphatic heterocycles. The average Bonchev–Trinajstić information content (AvgIpc) is 3.16. The van der Waals surface area contributed by atoms with Gasteiger partial charge in [0, 0.05) is 31.6 Å². The minimum Gasteiger partial charge on any atom is -0.507 e. The van der Waals surface area contributed by atoms with Crippen molar-refractivity contribution in [2.45, 2.75) is 70.8 Å². The highest BCUT2D eigenvalue weighted by Gasteiger charge is 2.54. The molecule has 0 aromatic heterocycles. The summed E-state index contributed by atoms with van der Waals surface area (Å²) in [4.78, 5) is 38.7. The Kier molecular flexibility index (Phi) is 11.9. The first-order chi connectivity index (χ1) is 19.2. The lowest BCUT2D eigenvalue weighted by Crippen LogP contribution is -2.39. The number of aliphatic hydroxyl groups excluding tert-OH is 2. The molecular weight excluding hydrogens is 514 g/mol. The highest BCUT2D eigenvalue weighted by atomic mass is 16.5. The number of benzene rings is 1. The largest absolute Gasteiger partial charge is 0.507 e. The normalized spacial score (nSPS) is 22.1. The van der Waals surface area contributed by atoms with Gasteiger partial charge in [-0.2, -0.15) is 0 Å². The molecule has 2 aliphatic rings. The quantitative estimate of drug-likeness (QED) is 0.136. The van der Waals surface area contributed by atoms with E-state index in [0.717, 1.165) is 24.0 Å². The molecule has 0 saturated carbocycles. The maximum absolute atomic E-state index is 13.4. The monoisotopic (exact) mass is 557 g/mol. The Balaban J connectivity index is 1.78. The number of ether oxygens (including phenoxy) is 1. The minimum absolute atomic E-state index is 0.0486. The summed E-state index contributed by atoms with van der Waals surface area (Å²) in [5.41, 5.74) is 3.13. The van der Waals surface area contributed by atoms with Gasteiger partial charge in [-0.05, 0) is 55.7 Å². The second-order valence-corrected chi connectivity index (χ2v) is 10.8. The number of carboxylic acid groups (broad SMARTS) is 1. The van der Waals surface area contributed by atoms with Crippen LogP contribution in [0.1, 0.15) is 70.3 Å². The third kappa shape index (κ3) is 7.59. The molecule has 220 valence electrons. The number of hydrogen-bond donors (Lipinski definition) is 4. The third-order valence-electron chi connectivity index (χ3n) is 8.03. The number of aromatic hydroxyl groups is 1. The summed E-state index contributed by atoms with van der Waals surface area (Å²) in [5.74, 6) is -3.33. The van der Waals surface area contributed by atoms with Gasteiger partial charge < -0.3 is 25.2 Å². The summed E-state index contributed by atoms with van der Waals surface area (Å²) < 4.78 is 5.41. The van der Waals surface area contributed by atoms with Crippen LogP contribution in [0.5, 0.6) is 5.75 Å². The van der Waals surface area contributed by atoms with E-state index in [9.17, 15) is 29.7 Å². The number of nitrogens with zero attached hydrogens (tertiary/aromatic N) is 1. The van der Waals surface area contributed by atoms with E-state index in [1.54, 1.807) is 12.1 Å². The third-order valence-corrected chi connectivity index (χ3v) is 8.03. The highest BCUT2D eigenvalue weighted by molar-refractivity contribution is 6.05. The number of aliphatic carboxylic acids is 1.